The Kier molecular flexibility index (Phi) is 6.21. The summed E-state index contributed by atoms with van der Waals surface area (Å²) in [5, 5.41) is 0. The van der Waals surface area contributed by atoms with E-state index in [9.17, 15) is 4.79 Å². The summed E-state index contributed by atoms with van der Waals surface area (Å²) in [5.74, 6) is 0.761. The second-order valence-corrected chi connectivity index (χ2v) is 7.10. The van der Waals surface area contributed by atoms with Gasteiger partial charge in [-0.05, 0) is 42.9 Å². The molecule has 3 aliphatic rings. The maximum absolute atomic E-state index is 12.5. The van der Waals surface area contributed by atoms with Gasteiger partial charge in [0.2, 0.25) is 5.91 Å². The zero-order valence-corrected chi connectivity index (χ0v) is 14.7. The minimum absolute atomic E-state index is 0.173. The first-order valence-corrected chi connectivity index (χ1v) is 9.24. The van der Waals surface area contributed by atoms with E-state index in [1.165, 1.54) is 12.0 Å². The summed E-state index contributed by atoms with van der Waals surface area (Å²) in [7, 11) is 0. The highest BCUT2D eigenvalue weighted by Crippen LogP contribution is 2.28. The second-order valence-electron chi connectivity index (χ2n) is 7.10. The van der Waals surface area contributed by atoms with E-state index in [0.29, 0.717) is 18.6 Å². The van der Waals surface area contributed by atoms with Crippen molar-refractivity contribution in [3.63, 3.8) is 0 Å². The Morgan fingerprint density at radius 3 is 2.88 bits per heavy atom. The van der Waals surface area contributed by atoms with Gasteiger partial charge in [0, 0.05) is 51.2 Å². The van der Waals surface area contributed by atoms with Gasteiger partial charge in [0.1, 0.15) is 6.61 Å². The summed E-state index contributed by atoms with van der Waals surface area (Å²) >= 11 is 0. The van der Waals surface area contributed by atoms with Crippen molar-refractivity contribution in [2.75, 3.05) is 32.8 Å². The van der Waals surface area contributed by atoms with Crippen LogP contribution < -0.4 is 0 Å². The zero-order valence-electron chi connectivity index (χ0n) is 14.7. The van der Waals surface area contributed by atoms with Gasteiger partial charge in [0.05, 0.1) is 0 Å². The number of hydrogen-bond donors (Lipinski definition) is 0. The lowest BCUT2D eigenvalue weighted by Gasteiger charge is -2.36. The van der Waals surface area contributed by atoms with Crippen LogP contribution in [0.1, 0.15) is 38.2 Å². The van der Waals surface area contributed by atoms with E-state index >= 15 is 0 Å². The molecule has 0 aliphatic carbocycles. The molecule has 0 saturated carbocycles. The SMILES string of the molecule is CCCCOCC(=O)N1C[C@@H]2CC[C@H]1CN(Cc1ccncc1)C2. The highest BCUT2D eigenvalue weighted by molar-refractivity contribution is 5.78. The average Bonchev–Trinajstić information content (AvgIpc) is 2.90. The fourth-order valence-corrected chi connectivity index (χ4v) is 3.85. The molecule has 0 N–H and O–H groups in total. The Bertz CT molecular complexity index is 523. The van der Waals surface area contributed by atoms with Gasteiger partial charge in [-0.1, -0.05) is 13.3 Å². The number of hydrogen-bond acceptors (Lipinski definition) is 4. The lowest BCUT2D eigenvalue weighted by Crippen LogP contribution is -2.48. The van der Waals surface area contributed by atoms with Gasteiger partial charge in [-0.2, -0.15) is 0 Å². The lowest BCUT2D eigenvalue weighted by atomic mass is 9.95. The summed E-state index contributed by atoms with van der Waals surface area (Å²) in [6.07, 6.45) is 8.19. The number of pyridine rings is 1. The zero-order chi connectivity index (χ0) is 16.8. The number of piperidine rings is 1. The van der Waals surface area contributed by atoms with E-state index in [1.807, 2.05) is 12.4 Å². The van der Waals surface area contributed by atoms with Crippen molar-refractivity contribution in [2.45, 2.75) is 45.2 Å². The van der Waals surface area contributed by atoms with Crippen LogP contribution in [0.2, 0.25) is 0 Å². The van der Waals surface area contributed by atoms with Crippen LogP contribution in [0, 0.1) is 5.92 Å². The first kappa shape index (κ1) is 17.4. The molecule has 0 aromatic carbocycles. The number of aromatic nitrogens is 1. The van der Waals surface area contributed by atoms with Crippen LogP contribution in [-0.2, 0) is 16.1 Å². The number of ether oxygens (including phenoxy) is 1. The number of carbonyl (C=O) groups is 1. The molecular weight excluding hydrogens is 302 g/mol. The van der Waals surface area contributed by atoms with Crippen molar-refractivity contribution < 1.29 is 9.53 Å². The van der Waals surface area contributed by atoms with E-state index in [2.05, 4.69) is 33.8 Å². The molecule has 0 spiro atoms. The van der Waals surface area contributed by atoms with Gasteiger partial charge >= 0.3 is 0 Å². The predicted molar refractivity (Wildman–Crippen MR) is 93.5 cm³/mol. The minimum Gasteiger partial charge on any atom is -0.372 e. The van der Waals surface area contributed by atoms with E-state index < -0.39 is 0 Å². The Morgan fingerprint density at radius 1 is 1.25 bits per heavy atom. The van der Waals surface area contributed by atoms with E-state index in [0.717, 1.165) is 45.4 Å². The standard InChI is InChI=1S/C19H29N3O2/c1-2-3-10-24-15-19(23)22-13-17-4-5-18(22)14-21(12-17)11-16-6-8-20-9-7-16/h6-9,17-18H,2-5,10-15H2,1H3/t17-,18+/m1/s1. The molecule has 3 fully saturated rings. The summed E-state index contributed by atoms with van der Waals surface area (Å²) in [6.45, 7) is 6.97. The normalized spacial score (nSPS) is 24.1. The monoisotopic (exact) mass is 331 g/mol. The first-order valence-electron chi connectivity index (χ1n) is 9.24. The molecule has 24 heavy (non-hydrogen) atoms. The van der Waals surface area contributed by atoms with Crippen molar-refractivity contribution in [1.29, 1.82) is 0 Å². The quantitative estimate of drug-likeness (QED) is 0.720. The van der Waals surface area contributed by atoms with Gasteiger partial charge < -0.3 is 9.64 Å². The maximum atomic E-state index is 12.5. The molecule has 1 amide bonds. The first-order chi connectivity index (χ1) is 11.8. The third kappa shape index (κ3) is 4.54. The third-order valence-corrected chi connectivity index (χ3v) is 5.13. The molecule has 132 valence electrons. The van der Waals surface area contributed by atoms with Crippen LogP contribution in [0.15, 0.2) is 24.5 Å². The molecule has 4 rings (SSSR count). The van der Waals surface area contributed by atoms with Gasteiger partial charge in [0.15, 0.2) is 0 Å². The topological polar surface area (TPSA) is 45.7 Å². The number of fused-ring (bicyclic) bond motifs is 4. The van der Waals surface area contributed by atoms with Crippen LogP contribution in [-0.4, -0.2) is 59.6 Å². The largest absolute Gasteiger partial charge is 0.372 e. The average molecular weight is 331 g/mol. The number of unbranched alkanes of at least 4 members (excludes halogenated alkanes) is 1. The maximum Gasteiger partial charge on any atom is 0.248 e. The summed E-state index contributed by atoms with van der Waals surface area (Å²) in [4.78, 5) is 21.2. The number of rotatable bonds is 7. The summed E-state index contributed by atoms with van der Waals surface area (Å²) in [6, 6.07) is 4.50. The Morgan fingerprint density at radius 2 is 2.08 bits per heavy atom. The molecule has 2 bridgehead atoms. The Balaban J connectivity index is 1.56. The summed E-state index contributed by atoms with van der Waals surface area (Å²) < 4.78 is 5.55. The van der Waals surface area contributed by atoms with Crippen LogP contribution >= 0.6 is 0 Å². The Hall–Kier alpha value is -1.46. The molecule has 1 aromatic rings. The van der Waals surface area contributed by atoms with Crippen LogP contribution in [0.25, 0.3) is 0 Å². The number of carbonyl (C=O) groups excluding carboxylic acids is 1. The Labute approximate surface area is 145 Å². The van der Waals surface area contributed by atoms with Crippen molar-refractivity contribution in [3.05, 3.63) is 30.1 Å². The minimum atomic E-state index is 0.173. The molecule has 3 saturated heterocycles. The van der Waals surface area contributed by atoms with Crippen LogP contribution in [0.5, 0.6) is 0 Å². The third-order valence-electron chi connectivity index (χ3n) is 5.13. The molecule has 1 aromatic heterocycles. The van der Waals surface area contributed by atoms with Crippen LogP contribution in [0.3, 0.4) is 0 Å². The van der Waals surface area contributed by atoms with Crippen molar-refractivity contribution >= 4 is 5.91 Å². The molecular formula is C19H29N3O2. The number of nitrogens with zero attached hydrogens (tertiary/aromatic N) is 3. The van der Waals surface area contributed by atoms with E-state index in [4.69, 9.17) is 4.74 Å². The van der Waals surface area contributed by atoms with Crippen molar-refractivity contribution in [2.24, 2.45) is 5.92 Å². The lowest BCUT2D eigenvalue weighted by molar-refractivity contribution is -0.140. The molecule has 4 heterocycles. The highest BCUT2D eigenvalue weighted by atomic mass is 16.5. The fourth-order valence-electron chi connectivity index (χ4n) is 3.85. The molecule has 0 unspecified atom stereocenters. The van der Waals surface area contributed by atoms with E-state index in [1.54, 1.807) is 0 Å². The summed E-state index contributed by atoms with van der Waals surface area (Å²) in [5.41, 5.74) is 1.30. The fraction of sp³-hybridized carbons (Fsp3) is 0.684. The van der Waals surface area contributed by atoms with Crippen LogP contribution in [0.4, 0.5) is 0 Å². The molecule has 5 nitrogen and oxygen atoms in total. The van der Waals surface area contributed by atoms with Gasteiger partial charge in [0.25, 0.3) is 0 Å². The molecule has 5 heteroatoms. The van der Waals surface area contributed by atoms with E-state index in [-0.39, 0.29) is 12.5 Å². The molecule has 3 aliphatic heterocycles. The smallest absolute Gasteiger partial charge is 0.248 e. The predicted octanol–water partition coefficient (Wildman–Crippen LogP) is 2.32. The van der Waals surface area contributed by atoms with Gasteiger partial charge in [-0.3, -0.25) is 14.7 Å². The van der Waals surface area contributed by atoms with Crippen molar-refractivity contribution in [1.82, 2.24) is 14.8 Å². The second kappa shape index (κ2) is 8.58. The molecule has 0 radical (unpaired) electrons. The molecule has 2 atom stereocenters. The highest BCUT2D eigenvalue weighted by Gasteiger charge is 2.36. The van der Waals surface area contributed by atoms with Gasteiger partial charge in [-0.25, -0.2) is 0 Å². The number of amides is 1. The van der Waals surface area contributed by atoms with Crippen molar-refractivity contribution in [3.8, 4) is 0 Å². The van der Waals surface area contributed by atoms with Gasteiger partial charge in [-0.15, -0.1) is 0 Å².